The van der Waals surface area contributed by atoms with Gasteiger partial charge in [0.1, 0.15) is 0 Å². The van der Waals surface area contributed by atoms with Crippen LogP contribution in [0.4, 0.5) is 0 Å². The number of halogens is 2. The van der Waals surface area contributed by atoms with Crippen LogP contribution in [0.3, 0.4) is 0 Å². The maximum atomic E-state index is 12.4. The van der Waals surface area contributed by atoms with E-state index >= 15 is 0 Å². The van der Waals surface area contributed by atoms with E-state index in [1.165, 1.54) is 0 Å². The minimum atomic E-state index is 0.172. The highest BCUT2D eigenvalue weighted by atomic mass is 35.5. The molecule has 0 saturated heterocycles. The molecule has 2 atom stereocenters. The van der Waals surface area contributed by atoms with Crippen LogP contribution in [-0.4, -0.2) is 23.4 Å². The number of nitrogens with zero attached hydrogens (tertiary/aromatic N) is 1. The Labute approximate surface area is 136 Å². The summed E-state index contributed by atoms with van der Waals surface area (Å²) in [4.78, 5) is 14.3. The molecule has 5 heteroatoms. The van der Waals surface area contributed by atoms with E-state index in [-0.39, 0.29) is 11.9 Å². The van der Waals surface area contributed by atoms with Crippen LogP contribution >= 0.6 is 23.2 Å². The van der Waals surface area contributed by atoms with Crippen LogP contribution in [0, 0.1) is 5.92 Å². The van der Waals surface area contributed by atoms with E-state index in [1.807, 2.05) is 24.0 Å². The molecular formula is C16H22Cl2N2O. The molecule has 1 aliphatic rings. The van der Waals surface area contributed by atoms with Crippen molar-refractivity contribution in [2.45, 2.75) is 45.2 Å². The maximum absolute atomic E-state index is 12.4. The second-order valence-corrected chi connectivity index (χ2v) is 6.53. The van der Waals surface area contributed by atoms with Gasteiger partial charge in [-0.05, 0) is 43.4 Å². The van der Waals surface area contributed by atoms with Gasteiger partial charge in [-0.15, -0.1) is 0 Å². The first-order chi connectivity index (χ1) is 10.0. The van der Waals surface area contributed by atoms with Crippen molar-refractivity contribution in [1.82, 2.24) is 4.90 Å². The minimum absolute atomic E-state index is 0.172. The smallest absolute Gasteiger partial charge is 0.223 e. The normalized spacial score (nSPS) is 21.5. The summed E-state index contributed by atoms with van der Waals surface area (Å²) >= 11 is 11.9. The van der Waals surface area contributed by atoms with Crippen molar-refractivity contribution in [3.63, 3.8) is 0 Å². The second kappa shape index (κ2) is 7.48. The topological polar surface area (TPSA) is 46.3 Å². The summed E-state index contributed by atoms with van der Waals surface area (Å²) in [7, 11) is 0. The molecule has 1 amide bonds. The number of benzene rings is 1. The van der Waals surface area contributed by atoms with Gasteiger partial charge >= 0.3 is 0 Å². The standard InChI is InChI=1S/C16H22Cl2N2O/c1-2-20(10-11-6-7-13(17)14(18)8-11)16(21)9-12-4-3-5-15(12)19/h6-8,12,15H,2-5,9-10,19H2,1H3/t12-,15+/m0/s1. The van der Waals surface area contributed by atoms with Crippen LogP contribution in [0.1, 0.15) is 38.2 Å². The lowest BCUT2D eigenvalue weighted by atomic mass is 9.99. The Bertz CT molecular complexity index is 507. The van der Waals surface area contributed by atoms with Gasteiger partial charge in [0, 0.05) is 25.6 Å². The number of hydrogen-bond donors (Lipinski definition) is 1. The summed E-state index contributed by atoms with van der Waals surface area (Å²) in [6.45, 7) is 3.24. The zero-order chi connectivity index (χ0) is 15.4. The van der Waals surface area contributed by atoms with Crippen LogP contribution in [0.15, 0.2) is 18.2 Å². The van der Waals surface area contributed by atoms with E-state index in [4.69, 9.17) is 28.9 Å². The average molecular weight is 329 g/mol. The number of nitrogens with two attached hydrogens (primary N) is 1. The highest BCUT2D eigenvalue weighted by molar-refractivity contribution is 6.42. The van der Waals surface area contributed by atoms with E-state index in [2.05, 4.69) is 0 Å². The summed E-state index contributed by atoms with van der Waals surface area (Å²) < 4.78 is 0. The van der Waals surface area contributed by atoms with Crippen molar-refractivity contribution in [3.8, 4) is 0 Å². The second-order valence-electron chi connectivity index (χ2n) is 5.72. The summed E-state index contributed by atoms with van der Waals surface area (Å²) in [5, 5.41) is 1.06. The van der Waals surface area contributed by atoms with Gasteiger partial charge in [-0.3, -0.25) is 4.79 Å². The summed E-state index contributed by atoms with van der Waals surface area (Å²) in [5.41, 5.74) is 7.05. The highest BCUT2D eigenvalue weighted by Crippen LogP contribution is 2.28. The monoisotopic (exact) mass is 328 g/mol. The zero-order valence-electron chi connectivity index (χ0n) is 12.3. The summed E-state index contributed by atoms with van der Waals surface area (Å²) in [5.74, 6) is 0.506. The van der Waals surface area contributed by atoms with Crippen molar-refractivity contribution < 1.29 is 4.79 Å². The van der Waals surface area contributed by atoms with E-state index in [0.717, 1.165) is 24.8 Å². The molecule has 0 radical (unpaired) electrons. The fraction of sp³-hybridized carbons (Fsp3) is 0.562. The SMILES string of the molecule is CCN(Cc1ccc(Cl)c(Cl)c1)C(=O)C[C@@H]1CCC[C@H]1N. The lowest BCUT2D eigenvalue weighted by molar-refractivity contribution is -0.132. The first-order valence-corrected chi connectivity index (χ1v) is 8.24. The van der Waals surface area contributed by atoms with E-state index in [9.17, 15) is 4.79 Å². The molecule has 2 rings (SSSR count). The van der Waals surface area contributed by atoms with E-state index < -0.39 is 0 Å². The zero-order valence-corrected chi connectivity index (χ0v) is 13.8. The fourth-order valence-electron chi connectivity index (χ4n) is 2.91. The predicted molar refractivity (Wildman–Crippen MR) is 87.5 cm³/mol. The van der Waals surface area contributed by atoms with Gasteiger partial charge in [-0.2, -0.15) is 0 Å². The van der Waals surface area contributed by atoms with Gasteiger partial charge in [0.2, 0.25) is 5.91 Å². The molecule has 0 spiro atoms. The van der Waals surface area contributed by atoms with Gasteiger partial charge in [-0.25, -0.2) is 0 Å². The Balaban J connectivity index is 1.98. The van der Waals surface area contributed by atoms with Crippen molar-refractivity contribution in [3.05, 3.63) is 33.8 Å². The molecule has 2 N–H and O–H groups in total. The lowest BCUT2D eigenvalue weighted by Gasteiger charge is -2.24. The van der Waals surface area contributed by atoms with Gasteiger partial charge in [-0.1, -0.05) is 35.7 Å². The highest BCUT2D eigenvalue weighted by Gasteiger charge is 2.27. The quantitative estimate of drug-likeness (QED) is 0.892. The third-order valence-corrected chi connectivity index (χ3v) is 4.99. The summed E-state index contributed by atoms with van der Waals surface area (Å²) in [6, 6.07) is 5.68. The average Bonchev–Trinajstić information content (AvgIpc) is 2.85. The predicted octanol–water partition coefficient (Wildman–Crippen LogP) is 3.86. The van der Waals surface area contributed by atoms with Crippen molar-refractivity contribution in [2.75, 3.05) is 6.54 Å². The van der Waals surface area contributed by atoms with Crippen LogP contribution < -0.4 is 5.73 Å². The molecule has 0 unspecified atom stereocenters. The Morgan fingerprint density at radius 2 is 2.10 bits per heavy atom. The van der Waals surface area contributed by atoms with Gasteiger partial charge in [0.15, 0.2) is 0 Å². The molecule has 1 fully saturated rings. The molecule has 21 heavy (non-hydrogen) atoms. The number of amides is 1. The Hall–Kier alpha value is -0.770. The number of rotatable bonds is 5. The number of carbonyl (C=O) groups excluding carboxylic acids is 1. The summed E-state index contributed by atoms with van der Waals surface area (Å²) in [6.07, 6.45) is 3.79. The van der Waals surface area contributed by atoms with Crippen LogP contribution in [0.5, 0.6) is 0 Å². The number of hydrogen-bond acceptors (Lipinski definition) is 2. The maximum Gasteiger partial charge on any atom is 0.223 e. The molecule has 0 aliphatic heterocycles. The van der Waals surface area contributed by atoms with Crippen LogP contribution in [0.2, 0.25) is 10.0 Å². The lowest BCUT2D eigenvalue weighted by Crippen LogP contribution is -2.34. The van der Waals surface area contributed by atoms with Crippen molar-refractivity contribution in [2.24, 2.45) is 11.7 Å². The largest absolute Gasteiger partial charge is 0.339 e. The van der Waals surface area contributed by atoms with Gasteiger partial charge in [0.25, 0.3) is 0 Å². The first-order valence-electron chi connectivity index (χ1n) is 7.48. The molecule has 1 aromatic carbocycles. The molecular weight excluding hydrogens is 307 g/mol. The first kappa shape index (κ1) is 16.6. The molecule has 0 bridgehead atoms. The van der Waals surface area contributed by atoms with Crippen LogP contribution in [0.25, 0.3) is 0 Å². The minimum Gasteiger partial charge on any atom is -0.339 e. The van der Waals surface area contributed by atoms with Crippen molar-refractivity contribution in [1.29, 1.82) is 0 Å². The van der Waals surface area contributed by atoms with Gasteiger partial charge < -0.3 is 10.6 Å². The molecule has 1 saturated carbocycles. The number of carbonyl (C=O) groups is 1. The third-order valence-electron chi connectivity index (χ3n) is 4.25. The molecule has 116 valence electrons. The van der Waals surface area contributed by atoms with Crippen molar-refractivity contribution >= 4 is 29.1 Å². The molecule has 0 aromatic heterocycles. The van der Waals surface area contributed by atoms with Crippen LogP contribution in [-0.2, 0) is 11.3 Å². The molecule has 1 aliphatic carbocycles. The Kier molecular flexibility index (Phi) is 5.91. The third kappa shape index (κ3) is 4.35. The fourth-order valence-corrected chi connectivity index (χ4v) is 3.23. The van der Waals surface area contributed by atoms with E-state index in [0.29, 0.717) is 35.5 Å². The molecule has 3 nitrogen and oxygen atoms in total. The van der Waals surface area contributed by atoms with Gasteiger partial charge in [0.05, 0.1) is 10.0 Å². The Morgan fingerprint density at radius 1 is 1.33 bits per heavy atom. The molecule has 1 aromatic rings. The van der Waals surface area contributed by atoms with E-state index in [1.54, 1.807) is 6.07 Å². The Morgan fingerprint density at radius 3 is 2.67 bits per heavy atom. The molecule has 0 heterocycles.